The molecule has 0 nitrogen and oxygen atoms in total. The van der Waals surface area contributed by atoms with Crippen LogP contribution < -0.4 is 0 Å². The maximum atomic E-state index is 6.80. The van der Waals surface area contributed by atoms with Gasteiger partial charge in [-0.05, 0) is 46.5 Å². The summed E-state index contributed by atoms with van der Waals surface area (Å²) in [4.78, 5) is 0. The maximum Gasteiger partial charge on any atom is 0.0854 e. The van der Waals surface area contributed by atoms with Crippen molar-refractivity contribution in [1.29, 1.82) is 0 Å². The number of hydrogen-bond acceptors (Lipinski definition) is 0. The molecule has 0 N–H and O–H groups in total. The van der Waals surface area contributed by atoms with Crippen molar-refractivity contribution in [3.05, 3.63) is 80.8 Å². The van der Waals surface area contributed by atoms with Gasteiger partial charge in [0.1, 0.15) is 0 Å². The molecule has 0 aliphatic heterocycles. The molecule has 0 spiro atoms. The second kappa shape index (κ2) is 6.00. The zero-order chi connectivity index (χ0) is 15.0. The van der Waals surface area contributed by atoms with Crippen LogP contribution in [0.15, 0.2) is 59.1 Å². The van der Waals surface area contributed by atoms with Crippen LogP contribution in [0.1, 0.15) is 22.1 Å². The Morgan fingerprint density at radius 1 is 1.00 bits per heavy atom. The molecule has 0 aliphatic rings. The lowest BCUT2D eigenvalue weighted by atomic mass is 9.94. The van der Waals surface area contributed by atoms with Crippen LogP contribution in [-0.2, 0) is 0 Å². The molecule has 21 heavy (non-hydrogen) atoms. The Morgan fingerprint density at radius 3 is 2.52 bits per heavy atom. The van der Waals surface area contributed by atoms with Crippen LogP contribution in [0.25, 0.3) is 10.8 Å². The first-order valence-corrected chi connectivity index (χ1v) is 8.26. The number of alkyl halides is 1. The van der Waals surface area contributed by atoms with Crippen molar-refractivity contribution in [3.63, 3.8) is 0 Å². The minimum absolute atomic E-state index is 0.220. The molecule has 1 unspecified atom stereocenters. The van der Waals surface area contributed by atoms with E-state index in [9.17, 15) is 0 Å². The topological polar surface area (TPSA) is 0 Å². The number of rotatable bonds is 2. The fraction of sp³-hybridized carbons (Fsp3) is 0.111. The van der Waals surface area contributed by atoms with Crippen molar-refractivity contribution < 1.29 is 0 Å². The van der Waals surface area contributed by atoms with Gasteiger partial charge in [0.05, 0.1) is 5.38 Å². The summed E-state index contributed by atoms with van der Waals surface area (Å²) in [5, 5.41) is 2.88. The van der Waals surface area contributed by atoms with Crippen LogP contribution in [-0.4, -0.2) is 0 Å². The molecule has 0 saturated heterocycles. The molecular weight excluding hydrogens is 367 g/mol. The molecule has 0 fully saturated rings. The lowest BCUT2D eigenvalue weighted by Crippen LogP contribution is -1.99. The van der Waals surface area contributed by atoms with Gasteiger partial charge in [-0.2, -0.15) is 0 Å². The van der Waals surface area contributed by atoms with Gasteiger partial charge in [-0.3, -0.25) is 0 Å². The summed E-state index contributed by atoms with van der Waals surface area (Å²) in [6, 6.07) is 18.3. The Hall–Kier alpha value is -1.02. The molecule has 0 bridgehead atoms. The van der Waals surface area contributed by atoms with Crippen LogP contribution in [0.2, 0.25) is 5.02 Å². The normalized spacial score (nSPS) is 12.6. The Labute approximate surface area is 142 Å². The van der Waals surface area contributed by atoms with E-state index in [4.69, 9.17) is 23.2 Å². The zero-order valence-electron chi connectivity index (χ0n) is 11.4. The predicted molar refractivity (Wildman–Crippen MR) is 95.5 cm³/mol. The Morgan fingerprint density at radius 2 is 1.76 bits per heavy atom. The summed E-state index contributed by atoms with van der Waals surface area (Å²) in [5.74, 6) is 0. The third-order valence-electron chi connectivity index (χ3n) is 3.68. The average molecular weight is 380 g/mol. The van der Waals surface area contributed by atoms with Crippen molar-refractivity contribution in [1.82, 2.24) is 0 Å². The summed E-state index contributed by atoms with van der Waals surface area (Å²) in [7, 11) is 0. The molecular formula is C18H13BrCl2. The molecule has 0 amide bonds. The Kier molecular flexibility index (Phi) is 4.26. The van der Waals surface area contributed by atoms with E-state index in [0.29, 0.717) is 5.02 Å². The highest BCUT2D eigenvalue weighted by Crippen LogP contribution is 2.39. The van der Waals surface area contributed by atoms with E-state index in [1.165, 1.54) is 16.3 Å². The van der Waals surface area contributed by atoms with E-state index in [-0.39, 0.29) is 5.38 Å². The lowest BCUT2D eigenvalue weighted by Gasteiger charge is -2.18. The molecule has 0 saturated carbocycles. The van der Waals surface area contributed by atoms with Gasteiger partial charge in [0.2, 0.25) is 0 Å². The average Bonchev–Trinajstić information content (AvgIpc) is 2.46. The third kappa shape index (κ3) is 2.83. The summed E-state index contributed by atoms with van der Waals surface area (Å²) < 4.78 is 0.933. The van der Waals surface area contributed by atoms with Gasteiger partial charge in [-0.25, -0.2) is 0 Å². The monoisotopic (exact) mass is 378 g/mol. The molecule has 0 radical (unpaired) electrons. The first-order chi connectivity index (χ1) is 10.1. The van der Waals surface area contributed by atoms with Crippen molar-refractivity contribution in [2.45, 2.75) is 12.3 Å². The Balaban J connectivity index is 2.21. The number of hydrogen-bond donors (Lipinski definition) is 0. The molecule has 3 aromatic rings. The van der Waals surface area contributed by atoms with Crippen LogP contribution >= 0.6 is 39.1 Å². The van der Waals surface area contributed by atoms with Crippen molar-refractivity contribution in [2.75, 3.05) is 0 Å². The molecule has 3 aromatic carbocycles. The summed E-state index contributed by atoms with van der Waals surface area (Å²) in [6.07, 6.45) is 0. The molecule has 106 valence electrons. The van der Waals surface area contributed by atoms with Crippen LogP contribution in [0.3, 0.4) is 0 Å². The first kappa shape index (κ1) is 14.9. The summed E-state index contributed by atoms with van der Waals surface area (Å²) in [5.41, 5.74) is 3.37. The van der Waals surface area contributed by atoms with Gasteiger partial charge < -0.3 is 0 Å². The predicted octanol–water partition coefficient (Wildman–Crippen LogP) is 6.89. The zero-order valence-corrected chi connectivity index (χ0v) is 14.5. The highest BCUT2D eigenvalue weighted by Gasteiger charge is 2.18. The maximum absolute atomic E-state index is 6.80. The van der Waals surface area contributed by atoms with Crippen LogP contribution in [0.5, 0.6) is 0 Å². The van der Waals surface area contributed by atoms with Gasteiger partial charge in [0, 0.05) is 9.50 Å². The highest BCUT2D eigenvalue weighted by atomic mass is 79.9. The van der Waals surface area contributed by atoms with Gasteiger partial charge in [-0.1, -0.05) is 70.0 Å². The van der Waals surface area contributed by atoms with Crippen LogP contribution in [0.4, 0.5) is 0 Å². The van der Waals surface area contributed by atoms with Crippen molar-refractivity contribution in [2.24, 2.45) is 0 Å². The van der Waals surface area contributed by atoms with Gasteiger partial charge in [0.25, 0.3) is 0 Å². The van der Waals surface area contributed by atoms with Gasteiger partial charge >= 0.3 is 0 Å². The summed E-state index contributed by atoms with van der Waals surface area (Å²) >= 11 is 16.4. The number of halogens is 3. The standard InChI is InChI=1S/C18H13BrCl2/c1-11-6-7-12-4-2-3-5-14(12)17(11)18(21)15-9-8-13(20)10-16(15)19/h2-10,18H,1H3. The molecule has 0 heterocycles. The first-order valence-electron chi connectivity index (χ1n) is 6.65. The van der Waals surface area contributed by atoms with Gasteiger partial charge in [-0.15, -0.1) is 11.6 Å². The molecule has 0 aromatic heterocycles. The van der Waals surface area contributed by atoms with E-state index in [1.54, 1.807) is 0 Å². The van der Waals surface area contributed by atoms with E-state index in [2.05, 4.69) is 47.1 Å². The number of fused-ring (bicyclic) bond motifs is 1. The van der Waals surface area contributed by atoms with E-state index >= 15 is 0 Å². The molecule has 0 aliphatic carbocycles. The lowest BCUT2D eigenvalue weighted by molar-refractivity contribution is 1.12. The number of aryl methyl sites for hydroxylation is 1. The number of benzene rings is 3. The van der Waals surface area contributed by atoms with Crippen molar-refractivity contribution in [3.8, 4) is 0 Å². The third-order valence-corrected chi connectivity index (χ3v) is 5.05. The SMILES string of the molecule is Cc1ccc2ccccc2c1C(Cl)c1ccc(Cl)cc1Br. The van der Waals surface area contributed by atoms with Crippen molar-refractivity contribution >= 4 is 49.9 Å². The quantitative estimate of drug-likeness (QED) is 0.425. The van der Waals surface area contributed by atoms with Gasteiger partial charge in [0.15, 0.2) is 0 Å². The molecule has 3 rings (SSSR count). The molecule has 3 heteroatoms. The van der Waals surface area contributed by atoms with Crippen LogP contribution in [0, 0.1) is 6.92 Å². The van der Waals surface area contributed by atoms with E-state index in [0.717, 1.165) is 15.6 Å². The summed E-state index contributed by atoms with van der Waals surface area (Å²) in [6.45, 7) is 2.10. The molecule has 1 atom stereocenters. The van der Waals surface area contributed by atoms with E-state index < -0.39 is 0 Å². The minimum atomic E-state index is -0.220. The Bertz CT molecular complexity index is 811. The fourth-order valence-electron chi connectivity index (χ4n) is 2.60. The second-order valence-corrected chi connectivity index (χ2v) is 6.77. The highest BCUT2D eigenvalue weighted by molar-refractivity contribution is 9.10. The largest absolute Gasteiger partial charge is 0.113 e. The second-order valence-electron chi connectivity index (χ2n) is 5.05. The fourth-order valence-corrected chi connectivity index (χ4v) is 4.13. The minimum Gasteiger partial charge on any atom is -0.113 e. The smallest absolute Gasteiger partial charge is 0.0854 e. The van der Waals surface area contributed by atoms with E-state index in [1.807, 2.05) is 30.3 Å².